The molecule has 0 heterocycles. The molecule has 0 atom stereocenters. The van der Waals surface area contributed by atoms with Crippen LogP contribution in [0.15, 0.2) is 36.4 Å². The zero-order chi connectivity index (χ0) is 14.7. The van der Waals surface area contributed by atoms with E-state index in [0.29, 0.717) is 11.3 Å². The Morgan fingerprint density at radius 2 is 1.90 bits per heavy atom. The molecule has 0 saturated carbocycles. The second-order valence-corrected chi connectivity index (χ2v) is 5.03. The largest absolute Gasteiger partial charge is 0.457 e. The van der Waals surface area contributed by atoms with Gasteiger partial charge in [-0.3, -0.25) is 0 Å². The second-order valence-electron chi connectivity index (χ2n) is 5.03. The Morgan fingerprint density at radius 1 is 1.15 bits per heavy atom. The highest BCUT2D eigenvalue weighted by Gasteiger charge is 2.12. The highest BCUT2D eigenvalue weighted by molar-refractivity contribution is 5.92. The van der Waals surface area contributed by atoms with Crippen molar-refractivity contribution < 1.29 is 9.53 Å². The molecule has 2 aromatic rings. The molecule has 0 spiro atoms. The van der Waals surface area contributed by atoms with E-state index in [9.17, 15) is 4.79 Å². The van der Waals surface area contributed by atoms with Gasteiger partial charge < -0.3 is 10.5 Å². The number of esters is 1. The van der Waals surface area contributed by atoms with Crippen molar-refractivity contribution in [2.45, 2.75) is 27.4 Å². The van der Waals surface area contributed by atoms with Crippen molar-refractivity contribution >= 4 is 11.7 Å². The summed E-state index contributed by atoms with van der Waals surface area (Å²) in [5.41, 5.74) is 11.0. The molecule has 0 fully saturated rings. The Balaban J connectivity index is 2.13. The first kappa shape index (κ1) is 14.1. The van der Waals surface area contributed by atoms with Crippen LogP contribution in [-0.2, 0) is 11.3 Å². The number of carbonyl (C=O) groups excluding carboxylic acids is 1. The zero-order valence-electron chi connectivity index (χ0n) is 12.1. The molecule has 2 rings (SSSR count). The third-order valence-electron chi connectivity index (χ3n) is 3.46. The number of anilines is 1. The van der Waals surface area contributed by atoms with Gasteiger partial charge in [0.05, 0.1) is 5.56 Å². The Hall–Kier alpha value is -2.29. The van der Waals surface area contributed by atoms with Gasteiger partial charge in [-0.25, -0.2) is 4.79 Å². The highest BCUT2D eigenvalue weighted by atomic mass is 16.5. The van der Waals surface area contributed by atoms with Crippen molar-refractivity contribution in [3.63, 3.8) is 0 Å². The van der Waals surface area contributed by atoms with Gasteiger partial charge >= 0.3 is 5.97 Å². The summed E-state index contributed by atoms with van der Waals surface area (Å²) in [6.45, 7) is 6.13. The molecule has 0 aliphatic rings. The SMILES string of the molecule is Cc1ccc(C)c(COC(=O)c2cccc(N)c2C)c1. The Morgan fingerprint density at radius 3 is 2.65 bits per heavy atom. The number of rotatable bonds is 3. The van der Waals surface area contributed by atoms with Crippen molar-refractivity contribution in [3.05, 3.63) is 64.2 Å². The average Bonchev–Trinajstić information content (AvgIpc) is 2.42. The summed E-state index contributed by atoms with van der Waals surface area (Å²) in [4.78, 5) is 12.1. The van der Waals surface area contributed by atoms with Crippen molar-refractivity contribution in [2.75, 3.05) is 5.73 Å². The minimum Gasteiger partial charge on any atom is -0.457 e. The predicted molar refractivity (Wildman–Crippen MR) is 80.6 cm³/mol. The van der Waals surface area contributed by atoms with Crippen LogP contribution in [0, 0.1) is 20.8 Å². The first-order chi connectivity index (χ1) is 9.49. The van der Waals surface area contributed by atoms with Gasteiger partial charge in [0.25, 0.3) is 0 Å². The van der Waals surface area contributed by atoms with Crippen LogP contribution >= 0.6 is 0 Å². The van der Waals surface area contributed by atoms with E-state index in [1.807, 2.05) is 39.0 Å². The number of hydrogen-bond acceptors (Lipinski definition) is 3. The van der Waals surface area contributed by atoms with Gasteiger partial charge in [0.2, 0.25) is 0 Å². The van der Waals surface area contributed by atoms with Gasteiger partial charge in [0.15, 0.2) is 0 Å². The van der Waals surface area contributed by atoms with Crippen LogP contribution in [0.5, 0.6) is 0 Å². The fourth-order valence-electron chi connectivity index (χ4n) is 2.05. The molecule has 3 nitrogen and oxygen atoms in total. The fraction of sp³-hybridized carbons (Fsp3) is 0.235. The Bertz CT molecular complexity index is 647. The van der Waals surface area contributed by atoms with Crippen molar-refractivity contribution in [2.24, 2.45) is 0 Å². The summed E-state index contributed by atoms with van der Waals surface area (Å²) < 4.78 is 5.39. The summed E-state index contributed by atoms with van der Waals surface area (Å²) in [5, 5.41) is 0. The van der Waals surface area contributed by atoms with Gasteiger partial charge in [-0.05, 0) is 49.6 Å². The predicted octanol–water partition coefficient (Wildman–Crippen LogP) is 3.55. The lowest BCUT2D eigenvalue weighted by Gasteiger charge is -2.10. The molecular weight excluding hydrogens is 250 g/mol. The van der Waals surface area contributed by atoms with E-state index in [-0.39, 0.29) is 12.6 Å². The molecule has 2 N–H and O–H groups in total. The van der Waals surface area contributed by atoms with Crippen molar-refractivity contribution in [1.82, 2.24) is 0 Å². The molecule has 0 bridgehead atoms. The molecule has 104 valence electrons. The van der Waals surface area contributed by atoms with E-state index in [1.54, 1.807) is 18.2 Å². The standard InChI is InChI=1S/C17H19NO2/c1-11-7-8-12(2)14(9-11)10-20-17(19)15-5-4-6-16(18)13(15)3/h4-9H,10,18H2,1-3H3. The van der Waals surface area contributed by atoms with E-state index in [2.05, 4.69) is 0 Å². The third-order valence-corrected chi connectivity index (χ3v) is 3.46. The van der Waals surface area contributed by atoms with Gasteiger partial charge in [-0.15, -0.1) is 0 Å². The van der Waals surface area contributed by atoms with E-state index >= 15 is 0 Å². The lowest BCUT2D eigenvalue weighted by molar-refractivity contribution is 0.0471. The number of hydrogen-bond donors (Lipinski definition) is 1. The third kappa shape index (κ3) is 2.99. The van der Waals surface area contributed by atoms with Crippen LogP contribution in [0.2, 0.25) is 0 Å². The summed E-state index contributed by atoms with van der Waals surface area (Å²) in [7, 11) is 0. The summed E-state index contributed by atoms with van der Waals surface area (Å²) in [6.07, 6.45) is 0. The molecule has 0 aliphatic carbocycles. The minimum absolute atomic E-state index is 0.278. The number of carbonyl (C=O) groups is 1. The van der Waals surface area contributed by atoms with E-state index in [1.165, 1.54) is 0 Å². The molecule has 0 unspecified atom stereocenters. The lowest BCUT2D eigenvalue weighted by atomic mass is 10.1. The first-order valence-electron chi connectivity index (χ1n) is 6.57. The van der Waals surface area contributed by atoms with Crippen LogP contribution in [0.1, 0.15) is 32.6 Å². The normalized spacial score (nSPS) is 10.3. The number of benzene rings is 2. The smallest absolute Gasteiger partial charge is 0.338 e. The average molecular weight is 269 g/mol. The van der Waals surface area contributed by atoms with E-state index < -0.39 is 0 Å². The van der Waals surface area contributed by atoms with Gasteiger partial charge in [0.1, 0.15) is 6.61 Å². The van der Waals surface area contributed by atoms with Crippen LogP contribution < -0.4 is 5.73 Å². The number of nitrogen functional groups attached to an aromatic ring is 1. The Labute approximate surface area is 119 Å². The molecule has 20 heavy (non-hydrogen) atoms. The van der Waals surface area contributed by atoms with Gasteiger partial charge in [-0.1, -0.05) is 29.8 Å². The van der Waals surface area contributed by atoms with E-state index in [4.69, 9.17) is 10.5 Å². The lowest BCUT2D eigenvalue weighted by Crippen LogP contribution is -2.09. The molecule has 0 aromatic heterocycles. The second kappa shape index (κ2) is 5.78. The molecule has 3 heteroatoms. The molecule has 0 aliphatic heterocycles. The monoisotopic (exact) mass is 269 g/mol. The van der Waals surface area contributed by atoms with Gasteiger partial charge in [0, 0.05) is 5.69 Å². The number of ether oxygens (including phenoxy) is 1. The van der Waals surface area contributed by atoms with Crippen LogP contribution in [0.4, 0.5) is 5.69 Å². The molecule has 2 aromatic carbocycles. The maximum absolute atomic E-state index is 12.1. The maximum atomic E-state index is 12.1. The van der Waals surface area contributed by atoms with Gasteiger partial charge in [-0.2, -0.15) is 0 Å². The number of nitrogens with two attached hydrogens (primary N) is 1. The van der Waals surface area contributed by atoms with Crippen molar-refractivity contribution in [1.29, 1.82) is 0 Å². The molecule has 0 amide bonds. The Kier molecular flexibility index (Phi) is 4.08. The summed E-state index contributed by atoms with van der Waals surface area (Å²) in [6, 6.07) is 11.4. The highest BCUT2D eigenvalue weighted by Crippen LogP contribution is 2.18. The summed E-state index contributed by atoms with van der Waals surface area (Å²) in [5.74, 6) is -0.337. The molecule has 0 saturated heterocycles. The van der Waals surface area contributed by atoms with Crippen LogP contribution in [0.25, 0.3) is 0 Å². The molecule has 0 radical (unpaired) electrons. The minimum atomic E-state index is -0.337. The number of aryl methyl sites for hydroxylation is 2. The van der Waals surface area contributed by atoms with Crippen LogP contribution in [-0.4, -0.2) is 5.97 Å². The fourth-order valence-corrected chi connectivity index (χ4v) is 2.05. The van der Waals surface area contributed by atoms with E-state index in [0.717, 1.165) is 22.3 Å². The first-order valence-corrected chi connectivity index (χ1v) is 6.57. The maximum Gasteiger partial charge on any atom is 0.338 e. The van der Waals surface area contributed by atoms with Crippen LogP contribution in [0.3, 0.4) is 0 Å². The quantitative estimate of drug-likeness (QED) is 0.684. The van der Waals surface area contributed by atoms with Crippen molar-refractivity contribution in [3.8, 4) is 0 Å². The summed E-state index contributed by atoms with van der Waals surface area (Å²) >= 11 is 0. The topological polar surface area (TPSA) is 52.3 Å². The molecular formula is C17H19NO2. The zero-order valence-corrected chi connectivity index (χ0v) is 12.1.